The van der Waals surface area contributed by atoms with Crippen LogP contribution in [0.15, 0.2) is 61.1 Å². The third-order valence-corrected chi connectivity index (χ3v) is 5.61. The van der Waals surface area contributed by atoms with Crippen LogP contribution in [0, 0.1) is 18.8 Å². The first-order valence-corrected chi connectivity index (χ1v) is 11.7. The molecule has 0 radical (unpaired) electrons. The minimum atomic E-state index is 0. The first-order chi connectivity index (χ1) is 16.9. The Labute approximate surface area is 226 Å². The van der Waals surface area contributed by atoms with Crippen molar-refractivity contribution >= 4 is 11.3 Å². The summed E-state index contributed by atoms with van der Waals surface area (Å²) in [5.74, 6) is 2.51. The molecule has 0 aliphatic carbocycles. The number of fused-ring (bicyclic) bond motifs is 1. The van der Waals surface area contributed by atoms with Gasteiger partial charge in [-0.1, -0.05) is 33.8 Å². The minimum Gasteiger partial charge on any atom is -0.521 e. The smallest absolute Gasteiger partial charge is 0.218 e. The summed E-state index contributed by atoms with van der Waals surface area (Å²) in [6.45, 7) is 10.6. The van der Waals surface area contributed by atoms with Crippen LogP contribution in [0.5, 0.6) is 23.3 Å². The molecule has 5 rings (SSSR count). The molecule has 0 fully saturated rings. The average molecular weight is 662 g/mol. The Balaban J connectivity index is 0.00000304. The zero-order chi connectivity index (χ0) is 24.5. The fraction of sp³-hybridized carbons (Fsp3) is 0.250. The van der Waals surface area contributed by atoms with E-state index < -0.39 is 0 Å². The number of pyridine rings is 2. The van der Waals surface area contributed by atoms with Gasteiger partial charge in [0.15, 0.2) is 0 Å². The molecule has 1 aromatic carbocycles. The van der Waals surface area contributed by atoms with E-state index in [1.807, 2.05) is 82.8 Å². The van der Waals surface area contributed by atoms with Crippen molar-refractivity contribution in [2.24, 2.45) is 0 Å². The van der Waals surface area contributed by atoms with Gasteiger partial charge in [0, 0.05) is 44.8 Å². The summed E-state index contributed by atoms with van der Waals surface area (Å²) in [4.78, 5) is 13.2. The summed E-state index contributed by atoms with van der Waals surface area (Å²) in [5.41, 5.74) is 3.74. The van der Waals surface area contributed by atoms with E-state index in [2.05, 4.69) is 44.8 Å². The molecule has 0 bridgehead atoms. The van der Waals surface area contributed by atoms with Crippen molar-refractivity contribution in [3.8, 4) is 23.3 Å². The molecule has 0 spiro atoms. The van der Waals surface area contributed by atoms with Crippen molar-refractivity contribution in [1.82, 2.24) is 19.3 Å². The van der Waals surface area contributed by atoms with E-state index in [1.165, 1.54) is 0 Å². The van der Waals surface area contributed by atoms with E-state index in [9.17, 15) is 0 Å². The van der Waals surface area contributed by atoms with E-state index >= 15 is 0 Å². The standard InChI is InChI=1S/C28H28N5O2.Pt/c1-19(2)27-28(20(3)4)33-24(30-27)16-23(17-26(33)35-25-11-6-7-12-29-25)34-22-10-8-9-21(15-22)32-14-13-31(5)18-32;/h6-14,16,18-20H,1-5H3;/q-3;. The van der Waals surface area contributed by atoms with Gasteiger partial charge in [-0.25, -0.2) is 4.98 Å². The maximum atomic E-state index is 6.22. The Morgan fingerprint density at radius 3 is 2.42 bits per heavy atom. The summed E-state index contributed by atoms with van der Waals surface area (Å²) in [6.07, 6.45) is 5.64. The van der Waals surface area contributed by atoms with Crippen LogP contribution in [0.1, 0.15) is 50.9 Å². The normalized spacial score (nSPS) is 13.1. The van der Waals surface area contributed by atoms with Gasteiger partial charge < -0.3 is 19.3 Å². The molecule has 1 aliphatic heterocycles. The Hall–Kier alpha value is -3.31. The van der Waals surface area contributed by atoms with Crippen LogP contribution in [0.4, 0.5) is 5.69 Å². The van der Waals surface area contributed by atoms with Gasteiger partial charge in [0.2, 0.25) is 5.88 Å². The molecule has 0 N–H and O–H groups in total. The number of imidazole rings is 1. The number of aromatic nitrogens is 3. The van der Waals surface area contributed by atoms with Crippen molar-refractivity contribution in [3.05, 3.63) is 91.3 Å². The van der Waals surface area contributed by atoms with Crippen LogP contribution in [0.2, 0.25) is 0 Å². The fourth-order valence-corrected chi connectivity index (χ4v) is 4.06. The number of anilines is 1. The number of benzene rings is 1. The molecule has 8 heteroatoms. The van der Waals surface area contributed by atoms with Crippen LogP contribution < -0.4 is 14.4 Å². The number of nitrogens with zero attached hydrogens (tertiary/aromatic N) is 5. The van der Waals surface area contributed by atoms with Gasteiger partial charge in [-0.15, -0.1) is 36.0 Å². The zero-order valence-corrected chi connectivity index (χ0v) is 23.1. The topological polar surface area (TPSA) is 55.1 Å². The molecule has 3 aromatic heterocycles. The van der Waals surface area contributed by atoms with Crippen molar-refractivity contribution < 1.29 is 30.5 Å². The van der Waals surface area contributed by atoms with E-state index in [4.69, 9.17) is 14.5 Å². The second-order valence-electron chi connectivity index (χ2n) is 9.08. The number of rotatable bonds is 7. The van der Waals surface area contributed by atoms with E-state index in [1.54, 1.807) is 6.20 Å². The number of hydrogen-bond acceptors (Lipinski definition) is 6. The molecular formula is C28H28N5O2Pt-3. The molecule has 0 atom stereocenters. The molecule has 190 valence electrons. The van der Waals surface area contributed by atoms with Gasteiger partial charge in [0.1, 0.15) is 5.88 Å². The van der Waals surface area contributed by atoms with Crippen LogP contribution >= 0.6 is 0 Å². The monoisotopic (exact) mass is 661 g/mol. The van der Waals surface area contributed by atoms with E-state index in [0.717, 1.165) is 22.7 Å². The Morgan fingerprint density at radius 1 is 0.917 bits per heavy atom. The predicted molar refractivity (Wildman–Crippen MR) is 136 cm³/mol. The SMILES string of the molecule is CC(C)c1nc2cc(Oc3[c-]c(N4C=CN(C)[CH-]4)ccc3)[c-]c(Oc3ccccn3)n2c1C(C)C.[Pt]. The second-order valence-corrected chi connectivity index (χ2v) is 9.08. The van der Waals surface area contributed by atoms with Gasteiger partial charge in [-0.3, -0.25) is 9.38 Å². The molecule has 0 amide bonds. The Morgan fingerprint density at radius 2 is 1.75 bits per heavy atom. The van der Waals surface area contributed by atoms with Gasteiger partial charge >= 0.3 is 0 Å². The molecule has 4 heterocycles. The minimum absolute atomic E-state index is 0. The van der Waals surface area contributed by atoms with Crippen LogP contribution in [0.25, 0.3) is 5.65 Å². The summed E-state index contributed by atoms with van der Waals surface area (Å²) in [6, 6.07) is 19.9. The second kappa shape index (κ2) is 10.8. The van der Waals surface area contributed by atoms with Crippen molar-refractivity contribution in [2.45, 2.75) is 39.5 Å². The van der Waals surface area contributed by atoms with E-state index in [0.29, 0.717) is 23.3 Å². The summed E-state index contributed by atoms with van der Waals surface area (Å²) >= 11 is 0. The van der Waals surface area contributed by atoms with Gasteiger partial charge in [0.05, 0.1) is 11.3 Å². The average Bonchev–Trinajstić information content (AvgIpc) is 3.44. The molecule has 36 heavy (non-hydrogen) atoms. The molecule has 7 nitrogen and oxygen atoms in total. The van der Waals surface area contributed by atoms with Crippen molar-refractivity contribution in [1.29, 1.82) is 0 Å². The predicted octanol–water partition coefficient (Wildman–Crippen LogP) is 6.50. The van der Waals surface area contributed by atoms with E-state index in [-0.39, 0.29) is 32.9 Å². The van der Waals surface area contributed by atoms with Crippen LogP contribution in [-0.2, 0) is 21.1 Å². The molecule has 1 aliphatic rings. The van der Waals surface area contributed by atoms with Crippen molar-refractivity contribution in [3.63, 3.8) is 0 Å². The first kappa shape index (κ1) is 25.8. The Bertz CT molecular complexity index is 1370. The summed E-state index contributed by atoms with van der Waals surface area (Å²) in [5, 5.41) is 0. The maximum absolute atomic E-state index is 6.22. The Kier molecular flexibility index (Phi) is 7.70. The number of ether oxygens (including phenoxy) is 2. The molecule has 0 saturated carbocycles. The third-order valence-electron chi connectivity index (χ3n) is 5.61. The first-order valence-electron chi connectivity index (χ1n) is 11.7. The number of hydrogen-bond donors (Lipinski definition) is 0. The van der Waals surface area contributed by atoms with Gasteiger partial charge in [-0.2, -0.15) is 12.7 Å². The van der Waals surface area contributed by atoms with Crippen molar-refractivity contribution in [2.75, 3.05) is 11.9 Å². The van der Waals surface area contributed by atoms with Gasteiger partial charge in [-0.05, 0) is 43.1 Å². The fourth-order valence-electron chi connectivity index (χ4n) is 4.06. The van der Waals surface area contributed by atoms with Crippen LogP contribution in [-0.4, -0.2) is 26.3 Å². The summed E-state index contributed by atoms with van der Waals surface area (Å²) in [7, 11) is 1.98. The molecular weight excluding hydrogens is 633 g/mol. The van der Waals surface area contributed by atoms with Gasteiger partial charge in [0.25, 0.3) is 0 Å². The molecule has 0 unspecified atom stereocenters. The molecule has 0 saturated heterocycles. The quantitative estimate of drug-likeness (QED) is 0.211. The largest absolute Gasteiger partial charge is 0.521 e. The zero-order valence-electron chi connectivity index (χ0n) is 20.9. The van der Waals surface area contributed by atoms with Crippen LogP contribution in [0.3, 0.4) is 0 Å². The third kappa shape index (κ3) is 5.26. The molecule has 4 aromatic rings. The maximum Gasteiger partial charge on any atom is 0.218 e. The summed E-state index contributed by atoms with van der Waals surface area (Å²) < 4.78 is 14.4.